The molecule has 3 aromatic rings. The van der Waals surface area contributed by atoms with Gasteiger partial charge in [0.05, 0.1) is 11.9 Å². The average Bonchev–Trinajstić information content (AvgIpc) is 3.17. The Labute approximate surface area is 178 Å². The molecule has 1 fully saturated rings. The van der Waals surface area contributed by atoms with E-state index in [9.17, 15) is 4.79 Å². The van der Waals surface area contributed by atoms with Crippen LogP contribution in [-0.4, -0.2) is 50.9 Å². The van der Waals surface area contributed by atoms with Crippen LogP contribution in [0, 0.1) is 0 Å². The Morgan fingerprint density at radius 3 is 2.86 bits per heavy atom. The van der Waals surface area contributed by atoms with Crippen LogP contribution in [0.25, 0.3) is 11.0 Å². The lowest BCUT2D eigenvalue weighted by molar-refractivity contribution is -0.132. The first-order valence-corrected chi connectivity index (χ1v) is 10.3. The Hall–Kier alpha value is -2.51. The molecule has 1 saturated heterocycles. The van der Waals surface area contributed by atoms with Crippen LogP contribution in [0.15, 0.2) is 36.8 Å². The van der Waals surface area contributed by atoms with Gasteiger partial charge in [-0.25, -0.2) is 9.97 Å². The molecular formula is C20H22Cl2N6O. The molecule has 3 heterocycles. The van der Waals surface area contributed by atoms with Crippen molar-refractivity contribution in [1.82, 2.24) is 19.9 Å². The Balaban J connectivity index is 1.41. The van der Waals surface area contributed by atoms with Crippen molar-refractivity contribution in [2.45, 2.75) is 31.8 Å². The number of carbonyl (C=O) groups is 1. The number of anilines is 2. The van der Waals surface area contributed by atoms with E-state index < -0.39 is 0 Å². The zero-order valence-corrected chi connectivity index (χ0v) is 17.5. The van der Waals surface area contributed by atoms with Gasteiger partial charge in [-0.15, -0.1) is 0 Å². The lowest BCUT2D eigenvalue weighted by atomic mass is 9.97. The predicted octanol–water partition coefficient (Wildman–Crippen LogP) is 4.17. The van der Waals surface area contributed by atoms with Crippen LogP contribution in [0.1, 0.15) is 19.8 Å². The van der Waals surface area contributed by atoms with Crippen LogP contribution in [-0.2, 0) is 4.79 Å². The fourth-order valence-electron chi connectivity index (χ4n) is 3.79. The molecule has 1 aliphatic heterocycles. The maximum atomic E-state index is 12.9. The van der Waals surface area contributed by atoms with Crippen LogP contribution in [0.3, 0.4) is 0 Å². The molecule has 0 bridgehead atoms. The standard InChI is InChI=1S/C20H22Cl2N6O/c1-12-17(27-20-16-4-5-23-19(16)25-11-26-20)3-2-6-28(12)18(29)10-24-15-8-13(21)7-14(22)9-15/h4-5,7-9,11-12,17,24H,2-3,6,10H2,1H3,(H2,23,25,26,27)/t12-,17+/m1/s1. The van der Waals surface area contributed by atoms with E-state index in [0.29, 0.717) is 10.0 Å². The van der Waals surface area contributed by atoms with Gasteiger partial charge in [-0.2, -0.15) is 0 Å². The third-order valence-corrected chi connectivity index (χ3v) is 5.73. The molecule has 1 amide bonds. The fourth-order valence-corrected chi connectivity index (χ4v) is 4.31. The maximum Gasteiger partial charge on any atom is 0.242 e. The average molecular weight is 433 g/mol. The van der Waals surface area contributed by atoms with E-state index >= 15 is 0 Å². The van der Waals surface area contributed by atoms with Crippen molar-refractivity contribution in [3.05, 3.63) is 46.8 Å². The summed E-state index contributed by atoms with van der Waals surface area (Å²) in [7, 11) is 0. The number of piperidine rings is 1. The molecule has 0 unspecified atom stereocenters. The summed E-state index contributed by atoms with van der Waals surface area (Å²) in [6, 6.07) is 7.26. The number of halogens is 2. The highest BCUT2D eigenvalue weighted by molar-refractivity contribution is 6.35. The first-order valence-electron chi connectivity index (χ1n) is 9.55. The van der Waals surface area contributed by atoms with Gasteiger partial charge >= 0.3 is 0 Å². The van der Waals surface area contributed by atoms with Crippen molar-refractivity contribution in [2.24, 2.45) is 0 Å². The van der Waals surface area contributed by atoms with Crippen molar-refractivity contribution >= 4 is 51.6 Å². The van der Waals surface area contributed by atoms with E-state index in [0.717, 1.165) is 41.9 Å². The van der Waals surface area contributed by atoms with Crippen LogP contribution >= 0.6 is 23.2 Å². The normalized spacial score (nSPS) is 19.3. The van der Waals surface area contributed by atoms with E-state index in [4.69, 9.17) is 23.2 Å². The number of H-pyrrole nitrogens is 1. The summed E-state index contributed by atoms with van der Waals surface area (Å²) in [5.74, 6) is 0.823. The van der Waals surface area contributed by atoms with E-state index in [1.54, 1.807) is 18.2 Å². The zero-order chi connectivity index (χ0) is 20.4. The van der Waals surface area contributed by atoms with Gasteiger partial charge in [0.15, 0.2) is 0 Å². The summed E-state index contributed by atoms with van der Waals surface area (Å²) in [6.07, 6.45) is 5.28. The molecule has 0 saturated carbocycles. The van der Waals surface area contributed by atoms with Gasteiger partial charge in [0.2, 0.25) is 5.91 Å². The number of hydrogen-bond acceptors (Lipinski definition) is 5. The molecule has 0 aliphatic carbocycles. The quantitative estimate of drug-likeness (QED) is 0.563. The summed E-state index contributed by atoms with van der Waals surface area (Å²) in [6.45, 7) is 2.99. The Bertz CT molecular complexity index is 1000. The van der Waals surface area contributed by atoms with E-state index in [1.165, 1.54) is 6.33 Å². The maximum absolute atomic E-state index is 12.9. The van der Waals surface area contributed by atoms with Crippen LogP contribution < -0.4 is 10.6 Å². The number of benzene rings is 1. The van der Waals surface area contributed by atoms with Gasteiger partial charge in [-0.1, -0.05) is 23.2 Å². The molecule has 2 aromatic heterocycles. The van der Waals surface area contributed by atoms with Gasteiger partial charge in [-0.3, -0.25) is 4.79 Å². The first-order chi connectivity index (χ1) is 14.0. The lowest BCUT2D eigenvalue weighted by Gasteiger charge is -2.40. The molecule has 2 atom stereocenters. The highest BCUT2D eigenvalue weighted by Crippen LogP contribution is 2.25. The van der Waals surface area contributed by atoms with Crippen molar-refractivity contribution in [1.29, 1.82) is 0 Å². The molecule has 152 valence electrons. The van der Waals surface area contributed by atoms with Crippen molar-refractivity contribution in [3.63, 3.8) is 0 Å². The Morgan fingerprint density at radius 2 is 2.07 bits per heavy atom. The van der Waals surface area contributed by atoms with Crippen molar-refractivity contribution in [3.8, 4) is 0 Å². The highest BCUT2D eigenvalue weighted by atomic mass is 35.5. The minimum absolute atomic E-state index is 0.0324. The van der Waals surface area contributed by atoms with Gasteiger partial charge < -0.3 is 20.5 Å². The Kier molecular flexibility index (Phi) is 5.78. The fraction of sp³-hybridized carbons (Fsp3) is 0.350. The smallest absolute Gasteiger partial charge is 0.242 e. The topological polar surface area (TPSA) is 85.9 Å². The molecule has 0 radical (unpaired) electrons. The number of nitrogens with zero attached hydrogens (tertiary/aromatic N) is 3. The highest BCUT2D eigenvalue weighted by Gasteiger charge is 2.31. The van der Waals surface area contributed by atoms with Crippen LogP contribution in [0.4, 0.5) is 11.5 Å². The number of nitrogens with one attached hydrogen (secondary N) is 3. The van der Waals surface area contributed by atoms with Gasteiger partial charge in [-0.05, 0) is 44.0 Å². The predicted molar refractivity (Wildman–Crippen MR) is 117 cm³/mol. The SMILES string of the molecule is C[C@@H]1[C@@H](Nc2ncnc3[nH]ccc23)CCCN1C(=O)CNc1cc(Cl)cc(Cl)c1. The van der Waals surface area contributed by atoms with Crippen molar-refractivity contribution < 1.29 is 4.79 Å². The summed E-state index contributed by atoms with van der Waals surface area (Å²) >= 11 is 12.1. The molecule has 1 aliphatic rings. The third-order valence-electron chi connectivity index (χ3n) is 5.29. The molecule has 7 nitrogen and oxygen atoms in total. The van der Waals surface area contributed by atoms with E-state index in [1.807, 2.05) is 17.2 Å². The van der Waals surface area contributed by atoms with E-state index in [2.05, 4.69) is 32.5 Å². The summed E-state index contributed by atoms with van der Waals surface area (Å²) in [4.78, 5) is 26.5. The largest absolute Gasteiger partial charge is 0.376 e. The van der Waals surface area contributed by atoms with Gasteiger partial charge in [0.25, 0.3) is 0 Å². The monoisotopic (exact) mass is 432 g/mol. The molecule has 9 heteroatoms. The minimum Gasteiger partial charge on any atom is -0.376 e. The number of aromatic amines is 1. The molecule has 4 rings (SSSR count). The minimum atomic E-state index is 0.0324. The number of amides is 1. The third kappa shape index (κ3) is 4.41. The summed E-state index contributed by atoms with van der Waals surface area (Å²) in [5, 5.41) is 8.65. The van der Waals surface area contributed by atoms with Crippen LogP contribution in [0.2, 0.25) is 10.0 Å². The number of rotatable bonds is 5. The number of hydrogen-bond donors (Lipinski definition) is 3. The second-order valence-electron chi connectivity index (χ2n) is 7.19. The number of fused-ring (bicyclic) bond motifs is 1. The van der Waals surface area contributed by atoms with Crippen molar-refractivity contribution in [2.75, 3.05) is 23.7 Å². The molecular weight excluding hydrogens is 411 g/mol. The number of likely N-dealkylation sites (tertiary alicyclic amines) is 1. The second kappa shape index (κ2) is 8.47. The van der Waals surface area contributed by atoms with Crippen LogP contribution in [0.5, 0.6) is 0 Å². The Morgan fingerprint density at radius 1 is 1.28 bits per heavy atom. The second-order valence-corrected chi connectivity index (χ2v) is 8.07. The summed E-state index contributed by atoms with van der Waals surface area (Å²) in [5.41, 5.74) is 1.52. The molecule has 29 heavy (non-hydrogen) atoms. The van der Waals surface area contributed by atoms with Gasteiger partial charge in [0, 0.05) is 40.6 Å². The number of aromatic nitrogens is 3. The zero-order valence-electron chi connectivity index (χ0n) is 16.0. The summed E-state index contributed by atoms with van der Waals surface area (Å²) < 4.78 is 0. The number of carbonyl (C=O) groups excluding carboxylic acids is 1. The van der Waals surface area contributed by atoms with Gasteiger partial charge in [0.1, 0.15) is 17.8 Å². The lowest BCUT2D eigenvalue weighted by Crippen LogP contribution is -2.53. The van der Waals surface area contributed by atoms with E-state index in [-0.39, 0.29) is 24.5 Å². The molecule has 0 spiro atoms. The molecule has 1 aromatic carbocycles. The first kappa shape index (κ1) is 19.8. The molecule has 3 N–H and O–H groups in total.